The molecule has 4 heterocycles. The molecule has 4 aromatic rings. The smallest absolute Gasteiger partial charge is 0.432 e. The summed E-state index contributed by atoms with van der Waals surface area (Å²) >= 11 is 0. The van der Waals surface area contributed by atoms with Crippen LogP contribution in [0.25, 0.3) is 10.9 Å². The normalized spacial score (nSPS) is 15.9. The van der Waals surface area contributed by atoms with Gasteiger partial charge in [0.25, 0.3) is 0 Å². The Labute approximate surface area is 185 Å². The molecule has 170 valence electrons. The lowest BCUT2D eigenvalue weighted by atomic mass is 10.0. The van der Waals surface area contributed by atoms with Crippen LogP contribution in [-0.4, -0.2) is 36.8 Å². The van der Waals surface area contributed by atoms with Crippen LogP contribution in [0, 0.1) is 0 Å². The highest BCUT2D eigenvalue weighted by atomic mass is 19.4. The van der Waals surface area contributed by atoms with Crippen LogP contribution in [0.3, 0.4) is 0 Å². The standard InChI is InChI=1S/C21H18F3N7O2/c1-11-6-14-15(9-25-11)26-10-27-19(14)33-13-2-3-16-12(7-13)4-5-31(16)20(32)28-18-8-17(29-30-18)21(22,23)24/h2-5,7-8,10-11,25H,6,9H2,1H3,(H2,28,29,30,32). The maximum absolute atomic E-state index is 12.7. The molecule has 1 aliphatic rings. The quantitative estimate of drug-likeness (QED) is 0.428. The third-order valence-electron chi connectivity index (χ3n) is 5.34. The first-order chi connectivity index (χ1) is 15.8. The van der Waals surface area contributed by atoms with Gasteiger partial charge < -0.3 is 10.1 Å². The molecular formula is C21H18F3N7O2. The number of halogens is 3. The number of alkyl halides is 3. The molecule has 0 saturated heterocycles. The van der Waals surface area contributed by atoms with Crippen molar-refractivity contribution in [1.29, 1.82) is 0 Å². The molecule has 12 heteroatoms. The van der Waals surface area contributed by atoms with Gasteiger partial charge in [-0.1, -0.05) is 0 Å². The molecule has 3 aromatic heterocycles. The molecule has 0 aliphatic carbocycles. The number of H-pyrrole nitrogens is 1. The topological polar surface area (TPSA) is 110 Å². The fourth-order valence-corrected chi connectivity index (χ4v) is 3.70. The lowest BCUT2D eigenvalue weighted by molar-refractivity contribution is -0.141. The number of benzene rings is 1. The van der Waals surface area contributed by atoms with E-state index in [0.717, 1.165) is 23.7 Å². The van der Waals surface area contributed by atoms with Crippen molar-refractivity contribution in [2.24, 2.45) is 0 Å². The van der Waals surface area contributed by atoms with Crippen molar-refractivity contribution in [2.75, 3.05) is 5.32 Å². The summed E-state index contributed by atoms with van der Waals surface area (Å²) in [7, 11) is 0. The molecule has 5 rings (SSSR count). The Balaban J connectivity index is 1.36. The van der Waals surface area contributed by atoms with Crippen molar-refractivity contribution in [3.8, 4) is 11.6 Å². The van der Waals surface area contributed by atoms with Gasteiger partial charge in [0, 0.05) is 35.8 Å². The van der Waals surface area contributed by atoms with Gasteiger partial charge in [-0.15, -0.1) is 0 Å². The number of rotatable bonds is 3. The summed E-state index contributed by atoms with van der Waals surface area (Å²) in [5.74, 6) is 0.796. The zero-order valence-corrected chi connectivity index (χ0v) is 17.3. The average Bonchev–Trinajstić information content (AvgIpc) is 3.41. The van der Waals surface area contributed by atoms with Gasteiger partial charge in [-0.2, -0.15) is 18.3 Å². The third kappa shape index (κ3) is 4.12. The van der Waals surface area contributed by atoms with Crippen molar-refractivity contribution < 1.29 is 22.7 Å². The molecule has 3 N–H and O–H groups in total. The van der Waals surface area contributed by atoms with Gasteiger partial charge in [0.1, 0.15) is 17.8 Å². The van der Waals surface area contributed by atoms with Gasteiger partial charge >= 0.3 is 12.2 Å². The fraction of sp³-hybridized carbons (Fsp3) is 0.238. The summed E-state index contributed by atoms with van der Waals surface area (Å²) in [6.45, 7) is 2.72. The van der Waals surface area contributed by atoms with E-state index in [0.29, 0.717) is 29.1 Å². The maximum Gasteiger partial charge on any atom is 0.432 e. The second-order valence-corrected chi connectivity index (χ2v) is 7.69. The van der Waals surface area contributed by atoms with Crippen molar-refractivity contribution >= 4 is 22.8 Å². The van der Waals surface area contributed by atoms with E-state index in [1.54, 1.807) is 24.3 Å². The van der Waals surface area contributed by atoms with E-state index < -0.39 is 17.9 Å². The number of aromatic nitrogens is 5. The average molecular weight is 457 g/mol. The predicted molar refractivity (Wildman–Crippen MR) is 112 cm³/mol. The molecule has 9 nitrogen and oxygen atoms in total. The van der Waals surface area contributed by atoms with Crippen LogP contribution in [0.15, 0.2) is 42.9 Å². The van der Waals surface area contributed by atoms with Crippen LogP contribution in [0.4, 0.5) is 23.8 Å². The number of carbonyl (C=O) groups excluding carboxylic acids is 1. The van der Waals surface area contributed by atoms with Gasteiger partial charge in [-0.25, -0.2) is 14.8 Å². The van der Waals surface area contributed by atoms with Gasteiger partial charge in [-0.05, 0) is 37.6 Å². The molecule has 0 bridgehead atoms. The Hall–Kier alpha value is -3.93. The number of hydrogen-bond acceptors (Lipinski definition) is 6. The first kappa shape index (κ1) is 20.9. The second-order valence-electron chi connectivity index (χ2n) is 7.69. The molecular weight excluding hydrogens is 439 g/mol. The minimum atomic E-state index is -4.58. The van der Waals surface area contributed by atoms with Crippen molar-refractivity contribution in [3.63, 3.8) is 0 Å². The van der Waals surface area contributed by atoms with E-state index >= 15 is 0 Å². The Bertz CT molecular complexity index is 1350. The maximum atomic E-state index is 12.7. The number of aromatic amines is 1. The van der Waals surface area contributed by atoms with Crippen LogP contribution in [0.5, 0.6) is 11.6 Å². The summed E-state index contributed by atoms with van der Waals surface area (Å²) in [5.41, 5.74) is 1.36. The zero-order chi connectivity index (χ0) is 23.2. The van der Waals surface area contributed by atoms with Crippen molar-refractivity contribution in [1.82, 2.24) is 30.0 Å². The minimum absolute atomic E-state index is 0.230. The molecule has 0 radical (unpaired) electrons. The Morgan fingerprint density at radius 1 is 1.24 bits per heavy atom. The SMILES string of the molecule is CC1Cc2c(ncnc2Oc2ccc3c(ccn3C(=O)Nc3cc(C(F)(F)F)[nH]n3)c2)CN1. The van der Waals surface area contributed by atoms with E-state index in [-0.39, 0.29) is 11.9 Å². The van der Waals surface area contributed by atoms with Crippen molar-refractivity contribution in [2.45, 2.75) is 32.1 Å². The van der Waals surface area contributed by atoms with Crippen LogP contribution in [0.2, 0.25) is 0 Å². The van der Waals surface area contributed by atoms with Crippen LogP contribution < -0.4 is 15.4 Å². The lowest BCUT2D eigenvalue weighted by Gasteiger charge is -2.23. The van der Waals surface area contributed by atoms with E-state index in [9.17, 15) is 18.0 Å². The Kier molecular flexibility index (Phi) is 5.01. The largest absolute Gasteiger partial charge is 0.439 e. The number of fused-ring (bicyclic) bond motifs is 2. The fourth-order valence-electron chi connectivity index (χ4n) is 3.70. The highest BCUT2D eigenvalue weighted by molar-refractivity contribution is 5.98. The van der Waals surface area contributed by atoms with E-state index in [4.69, 9.17) is 4.74 Å². The van der Waals surface area contributed by atoms with Crippen LogP contribution in [-0.2, 0) is 19.1 Å². The van der Waals surface area contributed by atoms with E-state index in [1.165, 1.54) is 17.1 Å². The Morgan fingerprint density at radius 2 is 2.09 bits per heavy atom. The molecule has 1 amide bonds. The first-order valence-corrected chi connectivity index (χ1v) is 10.1. The molecule has 33 heavy (non-hydrogen) atoms. The minimum Gasteiger partial charge on any atom is -0.439 e. The number of carbonyl (C=O) groups is 1. The molecule has 1 aliphatic heterocycles. The number of ether oxygens (including phenoxy) is 1. The summed E-state index contributed by atoms with van der Waals surface area (Å²) in [6.07, 6.45) is -0.858. The van der Waals surface area contributed by atoms with Gasteiger partial charge in [0.15, 0.2) is 5.82 Å². The van der Waals surface area contributed by atoms with Crippen molar-refractivity contribution in [3.05, 3.63) is 59.8 Å². The first-order valence-electron chi connectivity index (χ1n) is 10.1. The highest BCUT2D eigenvalue weighted by Crippen LogP contribution is 2.31. The molecule has 0 saturated carbocycles. The zero-order valence-electron chi connectivity index (χ0n) is 17.3. The molecule has 0 spiro atoms. The number of nitrogens with zero attached hydrogens (tertiary/aromatic N) is 4. The van der Waals surface area contributed by atoms with Crippen LogP contribution in [0.1, 0.15) is 23.9 Å². The summed E-state index contributed by atoms with van der Waals surface area (Å²) in [6, 6.07) is 7.21. The molecule has 0 fully saturated rings. The highest BCUT2D eigenvalue weighted by Gasteiger charge is 2.33. The lowest BCUT2D eigenvalue weighted by Crippen LogP contribution is -2.33. The number of nitrogens with one attached hydrogen (secondary N) is 3. The summed E-state index contributed by atoms with van der Waals surface area (Å²) in [4.78, 5) is 21.2. The molecule has 1 aromatic carbocycles. The number of anilines is 1. The van der Waals surface area contributed by atoms with Crippen LogP contribution >= 0.6 is 0 Å². The number of amides is 1. The van der Waals surface area contributed by atoms with Gasteiger partial charge in [0.2, 0.25) is 5.88 Å². The third-order valence-corrected chi connectivity index (χ3v) is 5.34. The van der Waals surface area contributed by atoms with E-state index in [2.05, 4.69) is 32.6 Å². The predicted octanol–water partition coefficient (Wildman–Crippen LogP) is 4.08. The summed E-state index contributed by atoms with van der Waals surface area (Å²) in [5, 5.41) is 11.7. The number of hydrogen-bond donors (Lipinski definition) is 3. The monoisotopic (exact) mass is 457 g/mol. The van der Waals surface area contributed by atoms with Gasteiger partial charge in [0.05, 0.1) is 11.2 Å². The van der Waals surface area contributed by atoms with Gasteiger partial charge in [-0.3, -0.25) is 15.0 Å². The molecule has 1 unspecified atom stereocenters. The second kappa shape index (κ2) is 7.89. The molecule has 1 atom stereocenters. The van der Waals surface area contributed by atoms with E-state index in [1.807, 2.05) is 5.10 Å². The Morgan fingerprint density at radius 3 is 2.88 bits per heavy atom. The summed E-state index contributed by atoms with van der Waals surface area (Å²) < 4.78 is 45.4.